The first kappa shape index (κ1) is 17.6. The van der Waals surface area contributed by atoms with E-state index >= 15 is 0 Å². The van der Waals surface area contributed by atoms with Crippen LogP contribution in [-0.4, -0.2) is 24.6 Å². The summed E-state index contributed by atoms with van der Waals surface area (Å²) in [4.78, 5) is 11.1. The Hall–Kier alpha value is -1.45. The molecule has 0 unspecified atom stereocenters. The first-order chi connectivity index (χ1) is 8.60. The molecule has 4 heteroatoms. The fraction of sp³-hybridized carbons (Fsp3) is 0.533. The molecule has 0 amide bonds. The zero-order valence-electron chi connectivity index (χ0n) is 11.2. The predicted octanol–water partition coefficient (Wildman–Crippen LogP) is 2.59. The Bertz CT molecular complexity index is 416. The number of phenols is 1. The number of hydrogen-bond donors (Lipinski definition) is 2. The van der Waals surface area contributed by atoms with E-state index in [-0.39, 0.29) is 19.7 Å². The first-order valence-corrected chi connectivity index (χ1v) is 6.68. The van der Waals surface area contributed by atoms with Crippen molar-refractivity contribution in [2.45, 2.75) is 52.4 Å². The maximum absolute atomic E-state index is 11.1. The molecule has 0 bridgehead atoms. The van der Waals surface area contributed by atoms with Crippen LogP contribution >= 0.6 is 0 Å². The topological polar surface area (TPSA) is 57.5 Å². The van der Waals surface area contributed by atoms with Crippen molar-refractivity contribution >= 4 is 14.4 Å². The van der Waals surface area contributed by atoms with Gasteiger partial charge in [-0.3, -0.25) is 0 Å². The summed E-state index contributed by atoms with van der Waals surface area (Å²) in [6.07, 6.45) is 5.72. The van der Waals surface area contributed by atoms with Crippen LogP contribution in [0.1, 0.15) is 61.0 Å². The minimum Gasteiger partial charge on any atom is -0.507 e. The van der Waals surface area contributed by atoms with Gasteiger partial charge < -0.3 is 10.2 Å². The van der Waals surface area contributed by atoms with E-state index in [0.717, 1.165) is 49.7 Å². The van der Waals surface area contributed by atoms with E-state index in [1.807, 2.05) is 6.07 Å². The number of aryl methyl sites for hydroxylation is 2. The molecule has 0 atom stereocenters. The molecule has 1 aromatic carbocycles. The van der Waals surface area contributed by atoms with E-state index in [0.29, 0.717) is 0 Å². The van der Waals surface area contributed by atoms with Crippen molar-refractivity contribution in [2.24, 2.45) is 0 Å². The third-order valence-electron chi connectivity index (χ3n) is 3.10. The fourth-order valence-corrected chi connectivity index (χ4v) is 2.01. The second kappa shape index (κ2) is 8.62. The molecular formula is C15H25BO3. The van der Waals surface area contributed by atoms with Crippen molar-refractivity contribution in [1.29, 1.82) is 0 Å². The van der Waals surface area contributed by atoms with Crippen molar-refractivity contribution in [3.63, 3.8) is 0 Å². The molecule has 1 rings (SSSR count). The van der Waals surface area contributed by atoms with Crippen LogP contribution in [0.15, 0.2) is 12.1 Å². The van der Waals surface area contributed by atoms with E-state index in [1.54, 1.807) is 6.07 Å². The molecular weight excluding hydrogens is 239 g/mol. The Morgan fingerprint density at radius 3 is 2.21 bits per heavy atom. The number of unbranched alkanes of at least 4 members (excludes halogenated alkanes) is 2. The maximum Gasteiger partial charge on any atom is 0.339 e. The van der Waals surface area contributed by atoms with Gasteiger partial charge in [0.05, 0.1) is 8.41 Å². The molecule has 2 N–H and O–H groups in total. The summed E-state index contributed by atoms with van der Waals surface area (Å²) in [5.41, 5.74) is 1.82. The molecule has 1 aromatic rings. The number of carboxylic acids is 1. The van der Waals surface area contributed by atoms with E-state index < -0.39 is 5.97 Å². The van der Waals surface area contributed by atoms with Gasteiger partial charge in [0.2, 0.25) is 0 Å². The number of aromatic hydroxyl groups is 1. The van der Waals surface area contributed by atoms with Gasteiger partial charge in [0.15, 0.2) is 0 Å². The van der Waals surface area contributed by atoms with Crippen molar-refractivity contribution in [3.05, 3.63) is 28.8 Å². The molecule has 0 saturated heterocycles. The lowest BCUT2D eigenvalue weighted by atomic mass is 9.97. The third kappa shape index (κ3) is 4.97. The first-order valence-electron chi connectivity index (χ1n) is 6.68. The maximum atomic E-state index is 11.1. The zero-order valence-corrected chi connectivity index (χ0v) is 11.2. The van der Waals surface area contributed by atoms with Gasteiger partial charge >= 0.3 is 5.97 Å². The molecule has 19 heavy (non-hydrogen) atoms. The van der Waals surface area contributed by atoms with Crippen LogP contribution in [0.5, 0.6) is 5.75 Å². The normalized spacial score (nSPS) is 10.0. The fourth-order valence-electron chi connectivity index (χ4n) is 2.01. The summed E-state index contributed by atoms with van der Waals surface area (Å²) < 4.78 is 0. The average molecular weight is 264 g/mol. The predicted molar refractivity (Wildman–Crippen MR) is 82.2 cm³/mol. The SMILES string of the molecule is B.CCCCc1cc(CCCC)c(O)c(C(=O)O)c1. The lowest BCUT2D eigenvalue weighted by molar-refractivity contribution is 0.0693. The van der Waals surface area contributed by atoms with Crippen molar-refractivity contribution in [2.75, 3.05) is 0 Å². The highest BCUT2D eigenvalue weighted by Gasteiger charge is 2.15. The van der Waals surface area contributed by atoms with Gasteiger partial charge in [-0.15, -0.1) is 0 Å². The van der Waals surface area contributed by atoms with Crippen molar-refractivity contribution in [1.82, 2.24) is 0 Å². The summed E-state index contributed by atoms with van der Waals surface area (Å²) >= 11 is 0. The van der Waals surface area contributed by atoms with Crippen LogP contribution in [0.2, 0.25) is 0 Å². The molecule has 106 valence electrons. The molecule has 0 radical (unpaired) electrons. The van der Waals surface area contributed by atoms with Gasteiger partial charge in [0.25, 0.3) is 0 Å². The summed E-state index contributed by atoms with van der Waals surface area (Å²) in [6, 6.07) is 3.55. The quantitative estimate of drug-likeness (QED) is 0.744. The smallest absolute Gasteiger partial charge is 0.339 e. The molecule has 0 aliphatic heterocycles. The summed E-state index contributed by atoms with van der Waals surface area (Å²) in [7, 11) is 0. The molecule has 0 aliphatic rings. The number of hydrogen-bond acceptors (Lipinski definition) is 2. The number of rotatable bonds is 7. The molecule has 0 aliphatic carbocycles. The number of carboxylic acid groups (broad SMARTS) is 1. The van der Waals surface area contributed by atoms with Crippen LogP contribution in [0.4, 0.5) is 0 Å². The van der Waals surface area contributed by atoms with E-state index in [4.69, 9.17) is 5.11 Å². The van der Waals surface area contributed by atoms with Gasteiger partial charge in [0, 0.05) is 0 Å². The van der Waals surface area contributed by atoms with Gasteiger partial charge in [0.1, 0.15) is 11.3 Å². The number of benzene rings is 1. The van der Waals surface area contributed by atoms with Crippen LogP contribution < -0.4 is 0 Å². The molecule has 0 heterocycles. The van der Waals surface area contributed by atoms with E-state index in [2.05, 4.69) is 13.8 Å². The number of carbonyl (C=O) groups is 1. The second-order valence-electron chi connectivity index (χ2n) is 4.66. The molecule has 3 nitrogen and oxygen atoms in total. The second-order valence-corrected chi connectivity index (χ2v) is 4.66. The third-order valence-corrected chi connectivity index (χ3v) is 3.10. The monoisotopic (exact) mass is 264 g/mol. The molecule has 0 spiro atoms. The summed E-state index contributed by atoms with van der Waals surface area (Å²) in [6.45, 7) is 4.19. The highest BCUT2D eigenvalue weighted by atomic mass is 16.4. The Morgan fingerprint density at radius 1 is 1.11 bits per heavy atom. The lowest BCUT2D eigenvalue weighted by Crippen LogP contribution is -2.02. The largest absolute Gasteiger partial charge is 0.507 e. The van der Waals surface area contributed by atoms with Gasteiger partial charge in [-0.05, 0) is 42.9 Å². The van der Waals surface area contributed by atoms with Crippen molar-refractivity contribution < 1.29 is 15.0 Å². The van der Waals surface area contributed by atoms with Crippen LogP contribution in [0.3, 0.4) is 0 Å². The lowest BCUT2D eigenvalue weighted by Gasteiger charge is -2.10. The minimum absolute atomic E-state index is 0. The minimum atomic E-state index is -1.05. The van der Waals surface area contributed by atoms with Gasteiger partial charge in [-0.25, -0.2) is 4.79 Å². The van der Waals surface area contributed by atoms with Crippen LogP contribution in [-0.2, 0) is 12.8 Å². The van der Waals surface area contributed by atoms with Gasteiger partial charge in [-0.2, -0.15) is 0 Å². The molecule has 0 saturated carbocycles. The highest BCUT2D eigenvalue weighted by molar-refractivity contribution is 5.91. The molecule has 0 aromatic heterocycles. The average Bonchev–Trinajstić information content (AvgIpc) is 2.35. The van der Waals surface area contributed by atoms with Crippen molar-refractivity contribution in [3.8, 4) is 5.75 Å². The van der Waals surface area contributed by atoms with Crippen LogP contribution in [0, 0.1) is 0 Å². The van der Waals surface area contributed by atoms with E-state index in [1.165, 1.54) is 0 Å². The Morgan fingerprint density at radius 2 is 1.68 bits per heavy atom. The Kier molecular flexibility index (Phi) is 7.97. The van der Waals surface area contributed by atoms with E-state index in [9.17, 15) is 9.90 Å². The summed E-state index contributed by atoms with van der Waals surface area (Å²) in [5, 5.41) is 19.1. The summed E-state index contributed by atoms with van der Waals surface area (Å²) in [5.74, 6) is -1.11. The highest BCUT2D eigenvalue weighted by Crippen LogP contribution is 2.27. The zero-order chi connectivity index (χ0) is 13.5. The Balaban J connectivity index is 0.00000324. The van der Waals surface area contributed by atoms with Gasteiger partial charge in [-0.1, -0.05) is 32.8 Å². The Labute approximate surface area is 117 Å². The van der Waals surface area contributed by atoms with Crippen LogP contribution in [0.25, 0.3) is 0 Å². The molecule has 0 fully saturated rings. The number of aromatic carboxylic acids is 1. The standard InChI is InChI=1S/C15H22O3.BH3/c1-3-5-7-11-9-12(8-6-4-2)14(16)13(10-11)15(17)18;/h9-10,16H,3-8H2,1-2H3,(H,17,18);1H3.